The fourth-order valence-corrected chi connectivity index (χ4v) is 4.42. The van der Waals surface area contributed by atoms with Gasteiger partial charge in [-0.05, 0) is 37.1 Å². The number of fused-ring (bicyclic) bond motifs is 1. The van der Waals surface area contributed by atoms with Crippen LogP contribution in [0, 0.1) is 12.7 Å². The number of aryl methyl sites for hydroxylation is 1. The zero-order chi connectivity index (χ0) is 21.2. The first kappa shape index (κ1) is 20.7. The number of aromatic nitrogens is 1. The summed E-state index contributed by atoms with van der Waals surface area (Å²) in [5, 5.41) is 5.65. The van der Waals surface area contributed by atoms with Gasteiger partial charge < -0.3 is 15.4 Å². The van der Waals surface area contributed by atoms with Crippen LogP contribution in [-0.2, 0) is 16.4 Å². The standard InChI is InChI=1S/C20H22FN3O4S/c1-13-4-6-15(7-5-13)29(26,27)24-12-14(8-9-23-20(25)22-2)16-10-19(28-3)17(21)11-18(16)24/h4-7,10-12H,8-9H2,1-3H3,(H2,22,23,25). The van der Waals surface area contributed by atoms with E-state index >= 15 is 0 Å². The molecule has 2 aromatic carbocycles. The molecule has 1 aromatic heterocycles. The molecule has 2 amide bonds. The van der Waals surface area contributed by atoms with E-state index in [0.717, 1.165) is 15.6 Å². The van der Waals surface area contributed by atoms with E-state index < -0.39 is 15.8 Å². The van der Waals surface area contributed by atoms with Gasteiger partial charge in [-0.3, -0.25) is 0 Å². The predicted molar refractivity (Wildman–Crippen MR) is 108 cm³/mol. The highest BCUT2D eigenvalue weighted by molar-refractivity contribution is 7.90. The lowest BCUT2D eigenvalue weighted by Crippen LogP contribution is -2.33. The third kappa shape index (κ3) is 4.04. The van der Waals surface area contributed by atoms with Crippen LogP contribution in [0.15, 0.2) is 47.5 Å². The van der Waals surface area contributed by atoms with E-state index in [4.69, 9.17) is 4.74 Å². The molecule has 0 fully saturated rings. The van der Waals surface area contributed by atoms with Gasteiger partial charge in [0.05, 0.1) is 17.5 Å². The zero-order valence-corrected chi connectivity index (χ0v) is 17.1. The number of carbonyl (C=O) groups excluding carboxylic acids is 1. The lowest BCUT2D eigenvalue weighted by molar-refractivity contribution is 0.243. The van der Waals surface area contributed by atoms with Crippen LogP contribution in [0.4, 0.5) is 9.18 Å². The maximum atomic E-state index is 14.4. The van der Waals surface area contributed by atoms with Gasteiger partial charge in [-0.15, -0.1) is 0 Å². The molecule has 0 radical (unpaired) electrons. The van der Waals surface area contributed by atoms with E-state index in [1.807, 2.05) is 6.92 Å². The smallest absolute Gasteiger partial charge is 0.314 e. The molecule has 0 aliphatic carbocycles. The van der Waals surface area contributed by atoms with E-state index in [1.54, 1.807) is 12.1 Å². The van der Waals surface area contributed by atoms with Crippen molar-refractivity contribution < 1.29 is 22.3 Å². The normalized spacial score (nSPS) is 11.4. The van der Waals surface area contributed by atoms with Crippen molar-refractivity contribution in [2.24, 2.45) is 0 Å². The average molecular weight is 419 g/mol. The highest BCUT2D eigenvalue weighted by Gasteiger charge is 2.23. The molecule has 0 aliphatic heterocycles. The monoisotopic (exact) mass is 419 g/mol. The van der Waals surface area contributed by atoms with Crippen LogP contribution in [0.3, 0.4) is 0 Å². The van der Waals surface area contributed by atoms with E-state index in [-0.39, 0.29) is 28.7 Å². The lowest BCUT2D eigenvalue weighted by Gasteiger charge is -2.09. The first-order valence-electron chi connectivity index (χ1n) is 8.93. The Kier molecular flexibility index (Phi) is 5.78. The molecular weight excluding hydrogens is 397 g/mol. The van der Waals surface area contributed by atoms with E-state index in [0.29, 0.717) is 17.4 Å². The molecule has 0 unspecified atom stereocenters. The third-order valence-electron chi connectivity index (χ3n) is 4.61. The van der Waals surface area contributed by atoms with Gasteiger partial charge >= 0.3 is 6.03 Å². The molecule has 29 heavy (non-hydrogen) atoms. The van der Waals surface area contributed by atoms with Crippen LogP contribution in [0.5, 0.6) is 5.75 Å². The number of carbonyl (C=O) groups is 1. The van der Waals surface area contributed by atoms with Gasteiger partial charge in [-0.1, -0.05) is 17.7 Å². The quantitative estimate of drug-likeness (QED) is 0.643. The molecule has 0 bridgehead atoms. The SMILES string of the molecule is CNC(=O)NCCc1cn(S(=O)(=O)c2ccc(C)cc2)c2cc(F)c(OC)cc12. The summed E-state index contributed by atoms with van der Waals surface area (Å²) in [4.78, 5) is 11.5. The molecule has 0 aliphatic rings. The number of methoxy groups -OCH3 is 1. The first-order valence-corrected chi connectivity index (χ1v) is 10.4. The third-order valence-corrected chi connectivity index (χ3v) is 6.30. The van der Waals surface area contributed by atoms with Gasteiger partial charge in [0.2, 0.25) is 0 Å². The minimum absolute atomic E-state index is 0.0171. The topological polar surface area (TPSA) is 89.4 Å². The largest absolute Gasteiger partial charge is 0.494 e. The molecule has 3 rings (SSSR count). The molecular formula is C20H22FN3O4S. The number of hydrogen-bond donors (Lipinski definition) is 2. The summed E-state index contributed by atoms with van der Waals surface area (Å²) in [5.74, 6) is -0.642. The Hall–Kier alpha value is -3.07. The number of ether oxygens (including phenoxy) is 1. The fraction of sp³-hybridized carbons (Fsp3) is 0.250. The van der Waals surface area contributed by atoms with E-state index in [9.17, 15) is 17.6 Å². The van der Waals surface area contributed by atoms with Gasteiger partial charge in [0, 0.05) is 31.2 Å². The summed E-state index contributed by atoms with van der Waals surface area (Å²) in [6.07, 6.45) is 1.82. The summed E-state index contributed by atoms with van der Waals surface area (Å²) in [6.45, 7) is 2.14. The summed E-state index contributed by atoms with van der Waals surface area (Å²) in [7, 11) is -1.09. The maximum absolute atomic E-state index is 14.4. The van der Waals surface area contributed by atoms with Gasteiger partial charge in [0.25, 0.3) is 10.0 Å². The Bertz CT molecular complexity index is 1150. The number of urea groups is 1. The van der Waals surface area contributed by atoms with Gasteiger partial charge in [0.15, 0.2) is 11.6 Å². The van der Waals surface area contributed by atoms with Crippen molar-refractivity contribution in [3.05, 3.63) is 59.5 Å². The highest BCUT2D eigenvalue weighted by Crippen LogP contribution is 2.31. The van der Waals surface area contributed by atoms with Crippen molar-refractivity contribution in [2.45, 2.75) is 18.2 Å². The number of halogens is 1. The van der Waals surface area contributed by atoms with Crippen LogP contribution >= 0.6 is 0 Å². The number of benzene rings is 2. The number of amides is 2. The average Bonchev–Trinajstić information content (AvgIpc) is 3.05. The minimum Gasteiger partial charge on any atom is -0.494 e. The molecule has 1 heterocycles. The summed E-state index contributed by atoms with van der Waals surface area (Å²) < 4.78 is 46.9. The molecule has 3 aromatic rings. The zero-order valence-electron chi connectivity index (χ0n) is 16.3. The van der Waals surface area contributed by atoms with Gasteiger partial charge in [-0.2, -0.15) is 0 Å². The Morgan fingerprint density at radius 1 is 1.21 bits per heavy atom. The molecule has 7 nitrogen and oxygen atoms in total. The Labute approximate surface area is 168 Å². The van der Waals surface area contributed by atoms with Crippen LogP contribution in [0.1, 0.15) is 11.1 Å². The Morgan fingerprint density at radius 3 is 2.52 bits per heavy atom. The minimum atomic E-state index is -3.93. The Morgan fingerprint density at radius 2 is 1.90 bits per heavy atom. The van der Waals surface area contributed by atoms with Crippen molar-refractivity contribution in [1.82, 2.24) is 14.6 Å². The number of rotatable bonds is 6. The maximum Gasteiger partial charge on any atom is 0.314 e. The van der Waals surface area contributed by atoms with Crippen molar-refractivity contribution in [1.29, 1.82) is 0 Å². The van der Waals surface area contributed by atoms with Gasteiger partial charge in [0.1, 0.15) is 0 Å². The van der Waals surface area contributed by atoms with Crippen molar-refractivity contribution >= 4 is 27.0 Å². The van der Waals surface area contributed by atoms with Crippen molar-refractivity contribution in [3.63, 3.8) is 0 Å². The second-order valence-electron chi connectivity index (χ2n) is 6.53. The van der Waals surface area contributed by atoms with Crippen LogP contribution < -0.4 is 15.4 Å². The number of nitrogens with zero attached hydrogens (tertiary/aromatic N) is 1. The fourth-order valence-electron chi connectivity index (χ4n) is 3.04. The number of nitrogens with one attached hydrogen (secondary N) is 2. The molecule has 9 heteroatoms. The first-order chi connectivity index (χ1) is 13.8. The number of hydrogen-bond acceptors (Lipinski definition) is 4. The second-order valence-corrected chi connectivity index (χ2v) is 8.34. The molecule has 2 N–H and O–H groups in total. The molecule has 0 saturated heterocycles. The highest BCUT2D eigenvalue weighted by atomic mass is 32.2. The lowest BCUT2D eigenvalue weighted by atomic mass is 10.1. The summed E-state index contributed by atoms with van der Waals surface area (Å²) >= 11 is 0. The van der Waals surface area contributed by atoms with Crippen LogP contribution in [0.25, 0.3) is 10.9 Å². The molecule has 154 valence electrons. The summed E-state index contributed by atoms with van der Waals surface area (Å²) in [5.41, 5.74) is 1.78. The van der Waals surface area contributed by atoms with Crippen molar-refractivity contribution in [3.8, 4) is 5.75 Å². The second kappa shape index (κ2) is 8.12. The molecule has 0 saturated carbocycles. The summed E-state index contributed by atoms with van der Waals surface area (Å²) in [6, 6.07) is 8.72. The van der Waals surface area contributed by atoms with Gasteiger partial charge in [-0.25, -0.2) is 21.6 Å². The molecule has 0 spiro atoms. The van der Waals surface area contributed by atoms with E-state index in [1.165, 1.54) is 38.6 Å². The Balaban J connectivity index is 2.12. The predicted octanol–water partition coefficient (Wildman–Crippen LogP) is 2.81. The van der Waals surface area contributed by atoms with Crippen LogP contribution in [0.2, 0.25) is 0 Å². The van der Waals surface area contributed by atoms with Crippen molar-refractivity contribution in [2.75, 3.05) is 20.7 Å². The molecule has 0 atom stereocenters. The van der Waals surface area contributed by atoms with Crippen LogP contribution in [-0.4, -0.2) is 39.1 Å². The van der Waals surface area contributed by atoms with E-state index in [2.05, 4.69) is 10.6 Å².